The van der Waals surface area contributed by atoms with E-state index in [-0.39, 0.29) is 11.9 Å². The van der Waals surface area contributed by atoms with Crippen molar-refractivity contribution >= 4 is 17.2 Å². The molecule has 1 atom stereocenters. The molecule has 0 fully saturated rings. The van der Waals surface area contributed by atoms with Crippen molar-refractivity contribution in [2.24, 2.45) is 0 Å². The Morgan fingerprint density at radius 2 is 2.11 bits per heavy atom. The van der Waals surface area contributed by atoms with E-state index in [0.29, 0.717) is 6.42 Å². The number of carbonyl (C=O) groups is 1. The van der Waals surface area contributed by atoms with Crippen LogP contribution >= 0.6 is 11.3 Å². The van der Waals surface area contributed by atoms with E-state index in [1.54, 1.807) is 5.51 Å². The van der Waals surface area contributed by atoms with Gasteiger partial charge in [0.25, 0.3) is 0 Å². The Bertz CT molecular complexity index is 522. The Kier molecular flexibility index (Phi) is 4.10. The van der Waals surface area contributed by atoms with E-state index in [2.05, 4.69) is 10.3 Å². The number of benzene rings is 1. The molecule has 3 nitrogen and oxygen atoms in total. The first-order valence-corrected chi connectivity index (χ1v) is 6.78. The van der Waals surface area contributed by atoms with Gasteiger partial charge in [0.15, 0.2) is 0 Å². The second-order valence-electron chi connectivity index (χ2n) is 4.24. The van der Waals surface area contributed by atoms with Crippen molar-refractivity contribution in [2.45, 2.75) is 26.3 Å². The first-order valence-electron chi connectivity index (χ1n) is 5.90. The molecule has 0 bridgehead atoms. The summed E-state index contributed by atoms with van der Waals surface area (Å²) >= 11 is 1.53. The number of hydrogen-bond donors (Lipinski definition) is 1. The normalized spacial score (nSPS) is 12.1. The van der Waals surface area contributed by atoms with Crippen LogP contribution in [0.25, 0.3) is 0 Å². The molecule has 1 heterocycles. The molecule has 0 saturated carbocycles. The van der Waals surface area contributed by atoms with Crippen molar-refractivity contribution in [3.05, 3.63) is 52.0 Å². The fourth-order valence-electron chi connectivity index (χ4n) is 1.76. The molecule has 1 aromatic carbocycles. The summed E-state index contributed by atoms with van der Waals surface area (Å²) in [5.41, 5.74) is 3.84. The third-order valence-corrected chi connectivity index (χ3v) is 3.78. The van der Waals surface area contributed by atoms with E-state index in [1.807, 2.05) is 44.2 Å². The van der Waals surface area contributed by atoms with Crippen LogP contribution in [0.1, 0.15) is 29.1 Å². The fourth-order valence-corrected chi connectivity index (χ4v) is 2.54. The van der Waals surface area contributed by atoms with Crippen LogP contribution < -0.4 is 5.32 Å². The second kappa shape index (κ2) is 5.78. The minimum Gasteiger partial charge on any atom is -0.349 e. The number of nitrogens with one attached hydrogen (secondary N) is 1. The number of aryl methyl sites for hydroxylation is 1. The molecule has 0 radical (unpaired) electrons. The van der Waals surface area contributed by atoms with Gasteiger partial charge in [-0.1, -0.05) is 30.3 Å². The van der Waals surface area contributed by atoms with Gasteiger partial charge in [0, 0.05) is 4.88 Å². The molecule has 18 heavy (non-hydrogen) atoms. The van der Waals surface area contributed by atoms with Crippen molar-refractivity contribution in [2.75, 3.05) is 0 Å². The van der Waals surface area contributed by atoms with Gasteiger partial charge >= 0.3 is 0 Å². The van der Waals surface area contributed by atoms with Crippen LogP contribution in [-0.4, -0.2) is 10.9 Å². The van der Waals surface area contributed by atoms with Gasteiger partial charge < -0.3 is 5.32 Å². The summed E-state index contributed by atoms with van der Waals surface area (Å²) in [4.78, 5) is 17.1. The summed E-state index contributed by atoms with van der Waals surface area (Å²) in [7, 11) is 0. The van der Waals surface area contributed by atoms with Crippen LogP contribution in [0.2, 0.25) is 0 Å². The third kappa shape index (κ3) is 3.17. The van der Waals surface area contributed by atoms with E-state index < -0.39 is 0 Å². The van der Waals surface area contributed by atoms with Crippen molar-refractivity contribution in [3.8, 4) is 0 Å². The molecule has 0 aliphatic carbocycles. The molecule has 0 spiro atoms. The van der Waals surface area contributed by atoms with Crippen LogP contribution in [0, 0.1) is 6.92 Å². The predicted octanol–water partition coefficient (Wildman–Crippen LogP) is 2.87. The van der Waals surface area contributed by atoms with E-state index in [0.717, 1.165) is 16.1 Å². The zero-order valence-corrected chi connectivity index (χ0v) is 11.3. The minimum absolute atomic E-state index is 0.0342. The third-order valence-electron chi connectivity index (χ3n) is 2.84. The van der Waals surface area contributed by atoms with Gasteiger partial charge in [-0.15, -0.1) is 11.3 Å². The molecule has 0 aliphatic heterocycles. The Hall–Kier alpha value is -1.68. The maximum atomic E-state index is 11.9. The molecule has 94 valence electrons. The topological polar surface area (TPSA) is 42.0 Å². The zero-order chi connectivity index (χ0) is 13.0. The van der Waals surface area contributed by atoms with Gasteiger partial charge in [0.2, 0.25) is 5.91 Å². The number of amides is 1. The number of carbonyl (C=O) groups excluding carboxylic acids is 1. The molecule has 1 N–H and O–H groups in total. The lowest BCUT2D eigenvalue weighted by Crippen LogP contribution is -2.28. The zero-order valence-electron chi connectivity index (χ0n) is 10.5. The van der Waals surface area contributed by atoms with Crippen LogP contribution in [0.4, 0.5) is 0 Å². The minimum atomic E-state index is 0.0342. The molecule has 2 aromatic rings. The Balaban J connectivity index is 1.94. The highest BCUT2D eigenvalue weighted by Gasteiger charge is 2.11. The lowest BCUT2D eigenvalue weighted by molar-refractivity contribution is -0.121. The van der Waals surface area contributed by atoms with Crippen molar-refractivity contribution in [3.63, 3.8) is 0 Å². The Morgan fingerprint density at radius 3 is 2.72 bits per heavy atom. The van der Waals surface area contributed by atoms with Gasteiger partial charge in [-0.3, -0.25) is 4.79 Å². The van der Waals surface area contributed by atoms with Crippen molar-refractivity contribution in [1.82, 2.24) is 10.3 Å². The number of rotatable bonds is 4. The summed E-state index contributed by atoms with van der Waals surface area (Å²) in [5.74, 6) is 0.0405. The molecule has 4 heteroatoms. The van der Waals surface area contributed by atoms with E-state index in [9.17, 15) is 4.79 Å². The smallest absolute Gasteiger partial charge is 0.225 e. The predicted molar refractivity (Wildman–Crippen MR) is 73.6 cm³/mol. The van der Waals surface area contributed by atoms with Gasteiger partial charge in [-0.2, -0.15) is 0 Å². The van der Waals surface area contributed by atoms with Gasteiger partial charge in [-0.25, -0.2) is 4.98 Å². The average Bonchev–Trinajstić information content (AvgIpc) is 2.76. The lowest BCUT2D eigenvalue weighted by Gasteiger charge is -2.13. The number of thiazole rings is 1. The Morgan fingerprint density at radius 1 is 1.39 bits per heavy atom. The molecular formula is C14H16N2OS. The quantitative estimate of drug-likeness (QED) is 0.918. The van der Waals surface area contributed by atoms with E-state index in [4.69, 9.17) is 0 Å². The number of nitrogens with zero attached hydrogens (tertiary/aromatic N) is 1. The Labute approximate surface area is 111 Å². The fraction of sp³-hybridized carbons (Fsp3) is 0.286. The molecule has 0 saturated heterocycles. The molecule has 1 amide bonds. The highest BCUT2D eigenvalue weighted by atomic mass is 32.1. The summed E-state index contributed by atoms with van der Waals surface area (Å²) in [6.45, 7) is 3.92. The molecular weight excluding hydrogens is 244 g/mol. The summed E-state index contributed by atoms with van der Waals surface area (Å²) in [6.07, 6.45) is 0.410. The van der Waals surface area contributed by atoms with Crippen LogP contribution in [0.15, 0.2) is 35.8 Å². The second-order valence-corrected chi connectivity index (χ2v) is 5.18. The molecule has 1 aromatic heterocycles. The van der Waals surface area contributed by atoms with Crippen molar-refractivity contribution < 1.29 is 4.79 Å². The number of hydrogen-bond acceptors (Lipinski definition) is 3. The standard InChI is InChI=1S/C14H16N2OS/c1-10(12-6-4-3-5-7-12)16-14(17)8-13-11(2)15-9-18-13/h3-7,9-10H,8H2,1-2H3,(H,16,17). The van der Waals surface area contributed by atoms with E-state index in [1.165, 1.54) is 11.3 Å². The van der Waals surface area contributed by atoms with E-state index >= 15 is 0 Å². The van der Waals surface area contributed by atoms with Crippen LogP contribution in [-0.2, 0) is 11.2 Å². The average molecular weight is 260 g/mol. The SMILES string of the molecule is Cc1ncsc1CC(=O)NC(C)c1ccccc1. The first kappa shape index (κ1) is 12.8. The molecule has 1 unspecified atom stereocenters. The molecule has 0 aliphatic rings. The lowest BCUT2D eigenvalue weighted by atomic mass is 10.1. The largest absolute Gasteiger partial charge is 0.349 e. The summed E-state index contributed by atoms with van der Waals surface area (Å²) in [6, 6.07) is 9.99. The number of aromatic nitrogens is 1. The molecule has 2 rings (SSSR count). The maximum Gasteiger partial charge on any atom is 0.225 e. The van der Waals surface area contributed by atoms with Crippen LogP contribution in [0.3, 0.4) is 0 Å². The van der Waals surface area contributed by atoms with Crippen molar-refractivity contribution in [1.29, 1.82) is 0 Å². The van der Waals surface area contributed by atoms with Crippen LogP contribution in [0.5, 0.6) is 0 Å². The summed E-state index contributed by atoms with van der Waals surface area (Å²) < 4.78 is 0. The maximum absolute atomic E-state index is 11.9. The van der Waals surface area contributed by atoms with Gasteiger partial charge in [0.1, 0.15) is 0 Å². The van der Waals surface area contributed by atoms with Gasteiger partial charge in [-0.05, 0) is 19.4 Å². The monoisotopic (exact) mass is 260 g/mol. The van der Waals surface area contributed by atoms with Gasteiger partial charge in [0.05, 0.1) is 23.7 Å². The highest BCUT2D eigenvalue weighted by Crippen LogP contribution is 2.15. The highest BCUT2D eigenvalue weighted by molar-refractivity contribution is 7.09. The summed E-state index contributed by atoms with van der Waals surface area (Å²) in [5, 5.41) is 3.00. The first-order chi connectivity index (χ1) is 8.66.